The number of amides is 2. The summed E-state index contributed by atoms with van der Waals surface area (Å²) in [6.07, 6.45) is -0.663. The number of carbonyl (C=O) groups is 3. The smallest absolute Gasteiger partial charge is 0.413 e. The van der Waals surface area contributed by atoms with Crippen LogP contribution in [0.1, 0.15) is 57.5 Å². The first-order valence-electron chi connectivity index (χ1n) is 12.1. The number of Topliss-reactive ketones (excluding diaryl/α,β-unsaturated/α-hetero) is 1. The van der Waals surface area contributed by atoms with Gasteiger partial charge in [0.05, 0.1) is 20.3 Å². The SMILES string of the molecule is COc1ccc(COc2ccc(C(=O)CNC(=O)C3(C)COC(C)(C)N3C(=O)OC(C)(C)C)cc2)cc1. The highest BCUT2D eigenvalue weighted by atomic mass is 16.6. The lowest BCUT2D eigenvalue weighted by Gasteiger charge is -2.39. The summed E-state index contributed by atoms with van der Waals surface area (Å²) < 4.78 is 22.2. The van der Waals surface area contributed by atoms with E-state index in [0.717, 1.165) is 11.3 Å². The Kier molecular flexibility index (Phi) is 8.17. The topological polar surface area (TPSA) is 103 Å². The van der Waals surface area contributed by atoms with Crippen molar-refractivity contribution in [3.8, 4) is 11.5 Å². The Bertz CT molecular complexity index is 1120. The third kappa shape index (κ3) is 6.80. The lowest BCUT2D eigenvalue weighted by molar-refractivity contribution is -0.132. The second-order valence-electron chi connectivity index (χ2n) is 10.6. The van der Waals surface area contributed by atoms with Crippen molar-refractivity contribution in [3.05, 3.63) is 59.7 Å². The fourth-order valence-corrected chi connectivity index (χ4v) is 4.02. The zero-order valence-corrected chi connectivity index (χ0v) is 22.5. The van der Waals surface area contributed by atoms with Crippen LogP contribution >= 0.6 is 0 Å². The standard InChI is InChI=1S/C28H36N2O7/c1-26(2,3)37-25(33)30-27(4,5)36-18-28(30,6)24(32)29-16-23(31)20-10-14-22(15-11-20)35-17-19-8-12-21(34-7)13-9-19/h8-15H,16-18H2,1-7H3,(H,29,32). The first kappa shape index (κ1) is 28.0. The number of hydrogen-bond acceptors (Lipinski definition) is 7. The molecule has 37 heavy (non-hydrogen) atoms. The molecule has 1 heterocycles. The predicted molar refractivity (Wildman–Crippen MR) is 138 cm³/mol. The van der Waals surface area contributed by atoms with Crippen LogP contribution < -0.4 is 14.8 Å². The number of hydrogen-bond donors (Lipinski definition) is 1. The monoisotopic (exact) mass is 512 g/mol. The second kappa shape index (κ2) is 10.8. The molecule has 0 spiro atoms. The summed E-state index contributed by atoms with van der Waals surface area (Å²) in [4.78, 5) is 40.1. The van der Waals surface area contributed by atoms with E-state index in [2.05, 4.69) is 5.32 Å². The highest BCUT2D eigenvalue weighted by Crippen LogP contribution is 2.36. The van der Waals surface area contributed by atoms with Gasteiger partial charge in [-0.1, -0.05) is 12.1 Å². The Hall–Kier alpha value is -3.59. The lowest BCUT2D eigenvalue weighted by atomic mass is 9.99. The summed E-state index contributed by atoms with van der Waals surface area (Å²) >= 11 is 0. The van der Waals surface area contributed by atoms with E-state index >= 15 is 0 Å². The van der Waals surface area contributed by atoms with Gasteiger partial charge in [-0.15, -0.1) is 0 Å². The van der Waals surface area contributed by atoms with E-state index in [0.29, 0.717) is 17.9 Å². The van der Waals surface area contributed by atoms with Crippen molar-refractivity contribution in [2.24, 2.45) is 0 Å². The van der Waals surface area contributed by atoms with Gasteiger partial charge in [0.25, 0.3) is 0 Å². The molecular formula is C28H36N2O7. The van der Waals surface area contributed by atoms with Crippen LogP contribution in [-0.4, -0.2) is 59.8 Å². The molecule has 1 saturated heterocycles. The maximum absolute atomic E-state index is 13.2. The number of benzene rings is 2. The number of ketones is 1. The predicted octanol–water partition coefficient (Wildman–Crippen LogP) is 4.34. The highest BCUT2D eigenvalue weighted by Gasteiger charge is 2.57. The molecule has 1 aliphatic rings. The molecule has 200 valence electrons. The van der Waals surface area contributed by atoms with Crippen molar-refractivity contribution in [2.45, 2.75) is 65.0 Å². The molecule has 9 heteroatoms. The number of nitrogens with zero attached hydrogens (tertiary/aromatic N) is 1. The van der Waals surface area contributed by atoms with Gasteiger partial charge in [0.15, 0.2) is 5.78 Å². The van der Waals surface area contributed by atoms with Crippen LogP contribution in [-0.2, 0) is 20.9 Å². The van der Waals surface area contributed by atoms with Crippen LogP contribution in [0, 0.1) is 0 Å². The van der Waals surface area contributed by atoms with Crippen molar-refractivity contribution >= 4 is 17.8 Å². The number of nitrogens with one attached hydrogen (secondary N) is 1. The molecule has 0 bridgehead atoms. The molecule has 0 radical (unpaired) electrons. The molecule has 3 rings (SSSR count). The van der Waals surface area contributed by atoms with Gasteiger partial charge in [0.2, 0.25) is 5.91 Å². The van der Waals surface area contributed by atoms with Crippen molar-refractivity contribution in [2.75, 3.05) is 20.3 Å². The van der Waals surface area contributed by atoms with E-state index in [1.807, 2.05) is 24.3 Å². The zero-order valence-electron chi connectivity index (χ0n) is 22.5. The van der Waals surface area contributed by atoms with E-state index in [1.165, 1.54) is 4.90 Å². The summed E-state index contributed by atoms with van der Waals surface area (Å²) in [5, 5.41) is 2.66. The molecule has 0 aliphatic carbocycles. The molecule has 1 unspecified atom stereocenters. The van der Waals surface area contributed by atoms with Gasteiger partial charge in [-0.2, -0.15) is 0 Å². The van der Waals surface area contributed by atoms with E-state index in [9.17, 15) is 14.4 Å². The van der Waals surface area contributed by atoms with E-state index in [4.69, 9.17) is 18.9 Å². The van der Waals surface area contributed by atoms with Gasteiger partial charge in [0.1, 0.15) is 35.0 Å². The summed E-state index contributed by atoms with van der Waals surface area (Å²) in [7, 11) is 1.61. The Morgan fingerprint density at radius 2 is 1.57 bits per heavy atom. The molecule has 0 aromatic heterocycles. The van der Waals surface area contributed by atoms with Gasteiger partial charge in [-0.3, -0.25) is 14.5 Å². The summed E-state index contributed by atoms with van der Waals surface area (Å²) in [6, 6.07) is 14.3. The van der Waals surface area contributed by atoms with Crippen molar-refractivity contribution in [3.63, 3.8) is 0 Å². The third-order valence-corrected chi connectivity index (χ3v) is 5.95. The van der Waals surface area contributed by atoms with Crippen LogP contribution in [0.2, 0.25) is 0 Å². The Labute approximate surface area is 218 Å². The molecular weight excluding hydrogens is 476 g/mol. The van der Waals surface area contributed by atoms with E-state index < -0.39 is 28.9 Å². The first-order chi connectivity index (χ1) is 17.2. The molecule has 2 aromatic rings. The quantitative estimate of drug-likeness (QED) is 0.525. The van der Waals surface area contributed by atoms with Gasteiger partial charge in [0, 0.05) is 5.56 Å². The number of rotatable bonds is 8. The summed E-state index contributed by atoms with van der Waals surface area (Å²) in [5.41, 5.74) is -1.73. The van der Waals surface area contributed by atoms with Crippen LogP contribution in [0.5, 0.6) is 11.5 Å². The normalized spacial score (nSPS) is 18.7. The minimum absolute atomic E-state index is 0.0283. The van der Waals surface area contributed by atoms with Crippen LogP contribution in [0.4, 0.5) is 4.79 Å². The fraction of sp³-hybridized carbons (Fsp3) is 0.464. The maximum atomic E-state index is 13.2. The second-order valence-corrected chi connectivity index (χ2v) is 10.6. The fourth-order valence-electron chi connectivity index (χ4n) is 4.02. The lowest BCUT2D eigenvalue weighted by Crippen LogP contribution is -2.62. The largest absolute Gasteiger partial charge is 0.497 e. The first-order valence-corrected chi connectivity index (χ1v) is 12.1. The van der Waals surface area contributed by atoms with E-state index in [1.54, 1.807) is 72.9 Å². The maximum Gasteiger partial charge on any atom is 0.413 e. The summed E-state index contributed by atoms with van der Waals surface area (Å²) in [6.45, 7) is 10.3. The van der Waals surface area contributed by atoms with Crippen LogP contribution in [0.15, 0.2) is 48.5 Å². The van der Waals surface area contributed by atoms with Crippen molar-refractivity contribution < 1.29 is 33.3 Å². The summed E-state index contributed by atoms with van der Waals surface area (Å²) in [5.74, 6) is 0.606. The van der Waals surface area contributed by atoms with Gasteiger partial charge in [-0.05, 0) is 83.5 Å². The third-order valence-electron chi connectivity index (χ3n) is 5.95. The number of carbonyl (C=O) groups excluding carboxylic acids is 3. The van der Waals surface area contributed by atoms with Crippen molar-refractivity contribution in [1.29, 1.82) is 0 Å². The molecule has 2 amide bonds. The van der Waals surface area contributed by atoms with Crippen LogP contribution in [0.25, 0.3) is 0 Å². The Balaban J connectivity index is 1.58. The zero-order chi connectivity index (χ0) is 27.4. The average molecular weight is 513 g/mol. The van der Waals surface area contributed by atoms with Gasteiger partial charge >= 0.3 is 6.09 Å². The number of methoxy groups -OCH3 is 1. The average Bonchev–Trinajstić information content (AvgIpc) is 3.10. The van der Waals surface area contributed by atoms with E-state index in [-0.39, 0.29) is 18.9 Å². The van der Waals surface area contributed by atoms with Crippen LogP contribution in [0.3, 0.4) is 0 Å². The molecule has 1 atom stereocenters. The molecule has 1 fully saturated rings. The Morgan fingerprint density at radius 1 is 0.973 bits per heavy atom. The molecule has 2 aromatic carbocycles. The molecule has 9 nitrogen and oxygen atoms in total. The number of ether oxygens (including phenoxy) is 4. The van der Waals surface area contributed by atoms with Gasteiger partial charge < -0.3 is 24.3 Å². The van der Waals surface area contributed by atoms with Crippen molar-refractivity contribution in [1.82, 2.24) is 10.2 Å². The minimum atomic E-state index is -1.34. The molecule has 0 saturated carbocycles. The minimum Gasteiger partial charge on any atom is -0.497 e. The highest BCUT2D eigenvalue weighted by molar-refractivity contribution is 6.01. The van der Waals surface area contributed by atoms with Gasteiger partial charge in [-0.25, -0.2) is 4.79 Å². The molecule has 1 aliphatic heterocycles. The Morgan fingerprint density at radius 3 is 2.14 bits per heavy atom. The molecule has 1 N–H and O–H groups in total.